The lowest BCUT2D eigenvalue weighted by Crippen LogP contribution is -2.58. The fourth-order valence-corrected chi connectivity index (χ4v) is 4.22. The zero-order valence-corrected chi connectivity index (χ0v) is 14.5. The van der Waals surface area contributed by atoms with Crippen molar-refractivity contribution in [2.45, 2.75) is 70.4 Å². The van der Waals surface area contributed by atoms with E-state index >= 15 is 0 Å². The maximum absolute atomic E-state index is 13.1. The van der Waals surface area contributed by atoms with Gasteiger partial charge in [0.25, 0.3) is 0 Å². The van der Waals surface area contributed by atoms with Crippen LogP contribution in [0.15, 0.2) is 18.3 Å². The Kier molecular flexibility index (Phi) is 5.00. The number of pyridine rings is 1. The average molecular weight is 315 g/mol. The summed E-state index contributed by atoms with van der Waals surface area (Å²) in [6.45, 7) is 6.35. The van der Waals surface area contributed by atoms with Crippen molar-refractivity contribution >= 4 is 5.91 Å². The van der Waals surface area contributed by atoms with Gasteiger partial charge in [-0.25, -0.2) is 0 Å². The van der Waals surface area contributed by atoms with E-state index in [2.05, 4.69) is 35.1 Å². The van der Waals surface area contributed by atoms with E-state index in [-0.39, 0.29) is 17.5 Å². The van der Waals surface area contributed by atoms with Crippen molar-refractivity contribution < 1.29 is 4.79 Å². The Hall–Kier alpha value is -1.42. The molecule has 1 atom stereocenters. The molecule has 2 aliphatic rings. The summed E-state index contributed by atoms with van der Waals surface area (Å²) >= 11 is 0. The van der Waals surface area contributed by atoms with E-state index in [9.17, 15) is 4.79 Å². The average Bonchev–Trinajstić information content (AvgIpc) is 3.21. The molecule has 23 heavy (non-hydrogen) atoms. The lowest BCUT2D eigenvalue weighted by Gasteiger charge is -2.38. The first kappa shape index (κ1) is 16.4. The van der Waals surface area contributed by atoms with Crippen LogP contribution in [-0.4, -0.2) is 40.5 Å². The Bertz CT molecular complexity index is 545. The van der Waals surface area contributed by atoms with Crippen LogP contribution in [0.2, 0.25) is 0 Å². The van der Waals surface area contributed by atoms with Gasteiger partial charge in [0.05, 0.1) is 0 Å². The smallest absolute Gasteiger partial charge is 0.240 e. The maximum atomic E-state index is 13.1. The van der Waals surface area contributed by atoms with Gasteiger partial charge < -0.3 is 5.32 Å². The second kappa shape index (κ2) is 7.00. The Morgan fingerprint density at radius 1 is 1.30 bits per heavy atom. The molecule has 3 rings (SSSR count). The van der Waals surface area contributed by atoms with Crippen molar-refractivity contribution in [2.24, 2.45) is 0 Å². The standard InChI is InChI=1S/C19H29N3O/c1-15-8-7-11-20-17(15)14-16(2)21-18(23)19(9-3-4-10-19)22-12-5-6-13-22/h7-8,11,16H,3-6,9-10,12-14H2,1-2H3,(H,21,23)/t16-/m1/s1. The summed E-state index contributed by atoms with van der Waals surface area (Å²) in [4.78, 5) is 20.0. The first-order chi connectivity index (χ1) is 11.1. The third kappa shape index (κ3) is 3.42. The molecule has 1 aromatic rings. The van der Waals surface area contributed by atoms with Crippen molar-refractivity contribution in [3.8, 4) is 0 Å². The van der Waals surface area contributed by atoms with Crippen molar-refractivity contribution in [1.29, 1.82) is 0 Å². The number of hydrogen-bond donors (Lipinski definition) is 1. The first-order valence-electron chi connectivity index (χ1n) is 9.08. The number of carbonyl (C=O) groups excluding carboxylic acids is 1. The number of nitrogens with zero attached hydrogens (tertiary/aromatic N) is 2. The lowest BCUT2D eigenvalue weighted by atomic mass is 9.93. The number of aromatic nitrogens is 1. The summed E-state index contributed by atoms with van der Waals surface area (Å²) in [7, 11) is 0. The molecular formula is C19H29N3O. The van der Waals surface area contributed by atoms with Crippen LogP contribution in [0.25, 0.3) is 0 Å². The molecule has 0 unspecified atom stereocenters. The maximum Gasteiger partial charge on any atom is 0.240 e. The number of carbonyl (C=O) groups is 1. The van der Waals surface area contributed by atoms with Crippen LogP contribution in [0.4, 0.5) is 0 Å². The monoisotopic (exact) mass is 315 g/mol. The molecule has 126 valence electrons. The quantitative estimate of drug-likeness (QED) is 0.909. The summed E-state index contributed by atoms with van der Waals surface area (Å²) < 4.78 is 0. The third-order valence-electron chi connectivity index (χ3n) is 5.56. The summed E-state index contributed by atoms with van der Waals surface area (Å²) in [5, 5.41) is 3.29. The first-order valence-corrected chi connectivity index (χ1v) is 9.08. The van der Waals surface area contributed by atoms with Crippen LogP contribution in [0.1, 0.15) is 56.7 Å². The van der Waals surface area contributed by atoms with E-state index in [0.717, 1.165) is 38.0 Å². The summed E-state index contributed by atoms with van der Waals surface area (Å²) in [5.74, 6) is 0.248. The zero-order valence-electron chi connectivity index (χ0n) is 14.5. The van der Waals surface area contributed by atoms with E-state index in [0.29, 0.717) is 0 Å². The molecule has 1 aliphatic carbocycles. The molecule has 0 radical (unpaired) electrons. The van der Waals surface area contributed by atoms with Crippen LogP contribution < -0.4 is 5.32 Å². The highest BCUT2D eigenvalue weighted by atomic mass is 16.2. The second-order valence-corrected chi connectivity index (χ2v) is 7.28. The van der Waals surface area contributed by atoms with Crippen LogP contribution in [0.3, 0.4) is 0 Å². The van der Waals surface area contributed by atoms with Gasteiger partial charge in [0.1, 0.15) is 5.54 Å². The molecule has 1 amide bonds. The number of nitrogens with one attached hydrogen (secondary N) is 1. The van der Waals surface area contributed by atoms with Gasteiger partial charge in [-0.05, 0) is 64.3 Å². The van der Waals surface area contributed by atoms with E-state index < -0.39 is 0 Å². The zero-order chi connectivity index (χ0) is 16.3. The van der Waals surface area contributed by atoms with Gasteiger partial charge in [0.2, 0.25) is 5.91 Å². The second-order valence-electron chi connectivity index (χ2n) is 7.28. The summed E-state index contributed by atoms with van der Waals surface area (Å²) in [6, 6.07) is 4.17. The minimum atomic E-state index is -0.232. The Labute approximate surface area is 139 Å². The Balaban J connectivity index is 1.66. The summed E-state index contributed by atoms with van der Waals surface area (Å²) in [5.41, 5.74) is 2.05. The van der Waals surface area contributed by atoms with Crippen molar-refractivity contribution in [3.05, 3.63) is 29.6 Å². The molecule has 1 saturated heterocycles. The minimum Gasteiger partial charge on any atom is -0.352 e. The predicted octanol–water partition coefficient (Wildman–Crippen LogP) is 2.85. The molecule has 0 bridgehead atoms. The molecule has 1 saturated carbocycles. The van der Waals surface area contributed by atoms with Gasteiger partial charge >= 0.3 is 0 Å². The molecule has 4 nitrogen and oxygen atoms in total. The van der Waals surface area contributed by atoms with Gasteiger partial charge in [0.15, 0.2) is 0 Å². The normalized spacial score (nSPS) is 22.2. The van der Waals surface area contributed by atoms with Gasteiger partial charge in [-0.1, -0.05) is 18.9 Å². The van der Waals surface area contributed by atoms with Crippen LogP contribution in [0, 0.1) is 6.92 Å². The molecule has 1 aliphatic heterocycles. The van der Waals surface area contributed by atoms with E-state index in [1.54, 1.807) is 0 Å². The Morgan fingerprint density at radius 3 is 2.65 bits per heavy atom. The van der Waals surface area contributed by atoms with Gasteiger partial charge in [-0.2, -0.15) is 0 Å². The molecule has 1 N–H and O–H groups in total. The minimum absolute atomic E-state index is 0.121. The fraction of sp³-hybridized carbons (Fsp3) is 0.684. The topological polar surface area (TPSA) is 45.2 Å². The molecule has 0 spiro atoms. The van der Waals surface area contributed by atoms with E-state index in [1.165, 1.54) is 31.2 Å². The molecule has 4 heteroatoms. The lowest BCUT2D eigenvalue weighted by molar-refractivity contribution is -0.133. The van der Waals surface area contributed by atoms with Crippen LogP contribution in [0.5, 0.6) is 0 Å². The van der Waals surface area contributed by atoms with Crippen LogP contribution >= 0.6 is 0 Å². The third-order valence-corrected chi connectivity index (χ3v) is 5.56. The van der Waals surface area contributed by atoms with Crippen molar-refractivity contribution in [3.63, 3.8) is 0 Å². The van der Waals surface area contributed by atoms with E-state index in [4.69, 9.17) is 0 Å². The predicted molar refractivity (Wildman–Crippen MR) is 92.3 cm³/mol. The number of likely N-dealkylation sites (tertiary alicyclic amines) is 1. The SMILES string of the molecule is Cc1cccnc1C[C@@H](C)NC(=O)C1(N2CCCC2)CCCC1. The highest BCUT2D eigenvalue weighted by Gasteiger charge is 2.46. The molecular weight excluding hydrogens is 286 g/mol. The van der Waals surface area contributed by atoms with Gasteiger partial charge in [-0.3, -0.25) is 14.7 Å². The van der Waals surface area contributed by atoms with Gasteiger partial charge in [0, 0.05) is 24.4 Å². The highest BCUT2D eigenvalue weighted by Crippen LogP contribution is 2.37. The number of aryl methyl sites for hydroxylation is 1. The molecule has 2 fully saturated rings. The molecule has 0 aromatic carbocycles. The number of amides is 1. The van der Waals surface area contributed by atoms with Crippen molar-refractivity contribution in [2.75, 3.05) is 13.1 Å². The van der Waals surface area contributed by atoms with Gasteiger partial charge in [-0.15, -0.1) is 0 Å². The van der Waals surface area contributed by atoms with Crippen molar-refractivity contribution in [1.82, 2.24) is 15.2 Å². The fourth-order valence-electron chi connectivity index (χ4n) is 4.22. The number of hydrogen-bond acceptors (Lipinski definition) is 3. The Morgan fingerprint density at radius 2 is 2.00 bits per heavy atom. The largest absolute Gasteiger partial charge is 0.352 e. The number of rotatable bonds is 5. The van der Waals surface area contributed by atoms with Crippen LogP contribution in [-0.2, 0) is 11.2 Å². The highest BCUT2D eigenvalue weighted by molar-refractivity contribution is 5.87. The van der Waals surface area contributed by atoms with E-state index in [1.807, 2.05) is 12.3 Å². The molecule has 1 aromatic heterocycles. The summed E-state index contributed by atoms with van der Waals surface area (Å²) in [6.07, 6.45) is 9.50. The molecule has 2 heterocycles.